The quantitative estimate of drug-likeness (QED) is 0.775. The Morgan fingerprint density at radius 3 is 1.95 bits per heavy atom. The zero-order valence-corrected chi connectivity index (χ0v) is 13.4. The Morgan fingerprint density at radius 1 is 1.00 bits per heavy atom. The first-order valence-electron chi connectivity index (χ1n) is 6.21. The van der Waals surface area contributed by atoms with Crippen LogP contribution in [0.5, 0.6) is 0 Å². The van der Waals surface area contributed by atoms with Crippen molar-refractivity contribution in [3.8, 4) is 11.1 Å². The van der Waals surface area contributed by atoms with Crippen LogP contribution >= 0.6 is 23.2 Å². The van der Waals surface area contributed by atoms with Crippen molar-refractivity contribution in [1.29, 1.82) is 0 Å². The average molecular weight is 311 g/mol. The van der Waals surface area contributed by atoms with Crippen molar-refractivity contribution in [3.05, 3.63) is 46.0 Å². The Hall–Kier alpha value is -1.16. The first kappa shape index (κ1) is 15.2. The number of benzene rings is 1. The Balaban J connectivity index is 2.55. The second kappa shape index (κ2) is 5.68. The van der Waals surface area contributed by atoms with Gasteiger partial charge in [-0.05, 0) is 26.3 Å². The van der Waals surface area contributed by atoms with Gasteiger partial charge in [0.05, 0.1) is 5.56 Å². The van der Waals surface area contributed by atoms with Crippen molar-refractivity contribution in [2.24, 2.45) is 0 Å². The number of methoxy groups -OCH3 is 1. The standard InChI is InChI=1S/C15H16Cl2N2O/c1-9-5-7-10(8-6-9)11-12(16)18-14(19-13(11)17)15(2,3)20-4/h5-8H,1-4H3. The van der Waals surface area contributed by atoms with E-state index in [1.165, 1.54) is 5.56 Å². The second-order valence-corrected chi connectivity index (χ2v) is 5.80. The average Bonchev–Trinajstić information content (AvgIpc) is 2.40. The van der Waals surface area contributed by atoms with Gasteiger partial charge >= 0.3 is 0 Å². The Labute approximate surface area is 128 Å². The van der Waals surface area contributed by atoms with E-state index in [1.807, 2.05) is 45.0 Å². The largest absolute Gasteiger partial charge is 0.371 e. The molecule has 0 unspecified atom stereocenters. The number of halogens is 2. The fraction of sp³-hybridized carbons (Fsp3) is 0.333. The minimum absolute atomic E-state index is 0.328. The number of aryl methyl sites for hydroxylation is 1. The summed E-state index contributed by atoms with van der Waals surface area (Å²) < 4.78 is 5.35. The van der Waals surface area contributed by atoms with Crippen molar-refractivity contribution in [2.45, 2.75) is 26.4 Å². The highest BCUT2D eigenvalue weighted by atomic mass is 35.5. The maximum Gasteiger partial charge on any atom is 0.163 e. The molecular formula is C15H16Cl2N2O. The monoisotopic (exact) mass is 310 g/mol. The predicted octanol–water partition coefficient (Wildman–Crippen LogP) is 4.64. The molecule has 1 aromatic carbocycles. The number of hydrogen-bond donors (Lipinski definition) is 0. The van der Waals surface area contributed by atoms with Gasteiger partial charge in [0.25, 0.3) is 0 Å². The Bertz CT molecular complexity index is 601. The summed E-state index contributed by atoms with van der Waals surface area (Å²) >= 11 is 12.6. The lowest BCUT2D eigenvalue weighted by Crippen LogP contribution is -2.23. The molecule has 0 aliphatic heterocycles. The highest BCUT2D eigenvalue weighted by Crippen LogP contribution is 2.34. The summed E-state index contributed by atoms with van der Waals surface area (Å²) in [5.41, 5.74) is 2.06. The molecule has 2 aromatic rings. The number of rotatable bonds is 3. The molecule has 0 aliphatic carbocycles. The molecule has 0 N–H and O–H groups in total. The van der Waals surface area contributed by atoms with Crippen LogP contribution in [-0.4, -0.2) is 17.1 Å². The van der Waals surface area contributed by atoms with Crippen molar-refractivity contribution in [1.82, 2.24) is 9.97 Å². The molecule has 0 radical (unpaired) electrons. The Kier molecular flexibility index (Phi) is 4.33. The topological polar surface area (TPSA) is 35.0 Å². The van der Waals surface area contributed by atoms with Gasteiger partial charge in [-0.3, -0.25) is 0 Å². The van der Waals surface area contributed by atoms with Gasteiger partial charge in [0, 0.05) is 7.11 Å². The van der Waals surface area contributed by atoms with E-state index in [1.54, 1.807) is 7.11 Å². The molecule has 0 fully saturated rings. The molecule has 3 nitrogen and oxygen atoms in total. The molecule has 0 amide bonds. The molecular weight excluding hydrogens is 295 g/mol. The van der Waals surface area contributed by atoms with Crippen molar-refractivity contribution >= 4 is 23.2 Å². The summed E-state index contributed by atoms with van der Waals surface area (Å²) in [5.74, 6) is 0.464. The number of hydrogen-bond acceptors (Lipinski definition) is 3. The molecule has 1 aromatic heterocycles. The maximum atomic E-state index is 6.28. The predicted molar refractivity (Wildman–Crippen MR) is 82.3 cm³/mol. The van der Waals surface area contributed by atoms with Gasteiger partial charge in [0.1, 0.15) is 15.9 Å². The van der Waals surface area contributed by atoms with E-state index >= 15 is 0 Å². The lowest BCUT2D eigenvalue weighted by atomic mass is 10.1. The summed E-state index contributed by atoms with van der Waals surface area (Å²) in [4.78, 5) is 8.64. The number of nitrogens with zero attached hydrogens (tertiary/aromatic N) is 2. The zero-order valence-electron chi connectivity index (χ0n) is 11.9. The molecule has 0 atom stereocenters. The molecule has 106 valence electrons. The van der Waals surface area contributed by atoms with Crippen LogP contribution in [-0.2, 0) is 10.3 Å². The van der Waals surface area contributed by atoms with Gasteiger partial charge in [0.2, 0.25) is 0 Å². The summed E-state index contributed by atoms with van der Waals surface area (Å²) in [7, 11) is 1.60. The van der Waals surface area contributed by atoms with E-state index in [0.29, 0.717) is 21.7 Å². The van der Waals surface area contributed by atoms with E-state index in [-0.39, 0.29) is 0 Å². The minimum Gasteiger partial charge on any atom is -0.371 e. The summed E-state index contributed by atoms with van der Waals surface area (Å²) in [6, 6.07) is 7.89. The van der Waals surface area contributed by atoms with Crippen molar-refractivity contribution in [3.63, 3.8) is 0 Å². The van der Waals surface area contributed by atoms with E-state index < -0.39 is 5.60 Å². The van der Waals surface area contributed by atoms with E-state index in [2.05, 4.69) is 9.97 Å². The van der Waals surface area contributed by atoms with Crippen LogP contribution in [0.3, 0.4) is 0 Å². The van der Waals surface area contributed by atoms with Crippen LogP contribution in [0.4, 0.5) is 0 Å². The molecule has 0 saturated carbocycles. The van der Waals surface area contributed by atoms with E-state index in [0.717, 1.165) is 5.56 Å². The van der Waals surface area contributed by atoms with Gasteiger partial charge in [-0.25, -0.2) is 9.97 Å². The van der Waals surface area contributed by atoms with Crippen LogP contribution in [0.2, 0.25) is 10.3 Å². The van der Waals surface area contributed by atoms with Crippen LogP contribution < -0.4 is 0 Å². The summed E-state index contributed by atoms with van der Waals surface area (Å²) in [6.07, 6.45) is 0. The fourth-order valence-electron chi connectivity index (χ4n) is 1.73. The summed E-state index contributed by atoms with van der Waals surface area (Å²) in [5, 5.41) is 0.656. The molecule has 1 heterocycles. The minimum atomic E-state index is -0.640. The maximum absolute atomic E-state index is 6.28. The second-order valence-electron chi connectivity index (χ2n) is 5.08. The van der Waals surface area contributed by atoms with Gasteiger partial charge < -0.3 is 4.74 Å². The van der Waals surface area contributed by atoms with Crippen LogP contribution in [0.15, 0.2) is 24.3 Å². The summed E-state index contributed by atoms with van der Waals surface area (Å²) in [6.45, 7) is 5.74. The van der Waals surface area contributed by atoms with Gasteiger partial charge in [-0.15, -0.1) is 0 Å². The van der Waals surface area contributed by atoms with Crippen molar-refractivity contribution < 1.29 is 4.74 Å². The number of ether oxygens (including phenoxy) is 1. The molecule has 0 saturated heterocycles. The highest BCUT2D eigenvalue weighted by molar-refractivity contribution is 6.37. The first-order chi connectivity index (χ1) is 9.35. The first-order valence-corrected chi connectivity index (χ1v) is 6.96. The smallest absolute Gasteiger partial charge is 0.163 e. The third-order valence-electron chi connectivity index (χ3n) is 3.21. The van der Waals surface area contributed by atoms with Crippen LogP contribution in [0.25, 0.3) is 11.1 Å². The lowest BCUT2D eigenvalue weighted by molar-refractivity contribution is 0.0115. The van der Waals surface area contributed by atoms with Gasteiger partial charge in [0.15, 0.2) is 5.82 Å². The fourth-order valence-corrected chi connectivity index (χ4v) is 2.33. The SMILES string of the molecule is COC(C)(C)c1nc(Cl)c(-c2ccc(C)cc2)c(Cl)n1. The van der Waals surface area contributed by atoms with E-state index in [4.69, 9.17) is 27.9 Å². The van der Waals surface area contributed by atoms with Gasteiger partial charge in [-0.2, -0.15) is 0 Å². The van der Waals surface area contributed by atoms with Gasteiger partial charge in [-0.1, -0.05) is 53.0 Å². The molecule has 2 rings (SSSR count). The Morgan fingerprint density at radius 2 is 1.50 bits per heavy atom. The third-order valence-corrected chi connectivity index (χ3v) is 3.76. The highest BCUT2D eigenvalue weighted by Gasteiger charge is 2.26. The third kappa shape index (κ3) is 2.95. The molecule has 20 heavy (non-hydrogen) atoms. The molecule has 0 aliphatic rings. The van der Waals surface area contributed by atoms with Crippen LogP contribution in [0, 0.1) is 6.92 Å². The van der Waals surface area contributed by atoms with E-state index in [9.17, 15) is 0 Å². The molecule has 0 spiro atoms. The molecule has 0 bridgehead atoms. The van der Waals surface area contributed by atoms with Crippen LogP contribution in [0.1, 0.15) is 25.2 Å². The normalized spacial score (nSPS) is 11.7. The van der Waals surface area contributed by atoms with Crippen molar-refractivity contribution in [2.75, 3.05) is 7.11 Å². The number of aromatic nitrogens is 2. The lowest BCUT2D eigenvalue weighted by Gasteiger charge is -2.22. The zero-order chi connectivity index (χ0) is 14.9. The molecule has 5 heteroatoms.